The fraction of sp³-hybridized carbons (Fsp3) is 0.0833. The Morgan fingerprint density at radius 1 is 1.28 bits per heavy atom. The maximum atomic E-state index is 13.8. The number of benzene rings is 1. The van der Waals surface area contributed by atoms with Gasteiger partial charge < -0.3 is 9.55 Å². The largest absolute Gasteiger partial charge is 0.330 e. The van der Waals surface area contributed by atoms with E-state index in [9.17, 15) is 8.78 Å². The maximum absolute atomic E-state index is 13.8. The summed E-state index contributed by atoms with van der Waals surface area (Å²) >= 11 is 6.71. The Kier molecular flexibility index (Phi) is 2.76. The van der Waals surface area contributed by atoms with Crippen LogP contribution in [0.25, 0.3) is 11.0 Å². The smallest absolute Gasteiger partial charge is 0.184 e. The van der Waals surface area contributed by atoms with Gasteiger partial charge in [0.05, 0.1) is 12.1 Å². The lowest BCUT2D eigenvalue weighted by atomic mass is 10.2. The van der Waals surface area contributed by atoms with Crippen molar-refractivity contribution in [3.05, 3.63) is 50.9 Å². The van der Waals surface area contributed by atoms with Crippen LogP contribution in [0.5, 0.6) is 0 Å². The SMILES string of the molecule is Fc1ccc2[nH]c(=S)n(Cc3ccsc3)c2c1F. The van der Waals surface area contributed by atoms with Crippen LogP contribution in [0.3, 0.4) is 0 Å². The lowest BCUT2D eigenvalue weighted by Crippen LogP contribution is -2.00. The number of thiophene rings is 1. The van der Waals surface area contributed by atoms with E-state index < -0.39 is 11.6 Å². The molecule has 2 nitrogen and oxygen atoms in total. The molecule has 0 aliphatic heterocycles. The summed E-state index contributed by atoms with van der Waals surface area (Å²) < 4.78 is 29.1. The number of H-pyrrole nitrogens is 1. The molecule has 0 aliphatic carbocycles. The standard InChI is InChI=1S/C12H8F2N2S2/c13-8-1-2-9-11(10(8)14)16(12(17)15-9)5-7-3-4-18-6-7/h1-4,6H,5H2,(H,15,17). The van der Waals surface area contributed by atoms with Crippen LogP contribution in [0.2, 0.25) is 0 Å². The van der Waals surface area contributed by atoms with Gasteiger partial charge in [-0.2, -0.15) is 11.3 Å². The van der Waals surface area contributed by atoms with Gasteiger partial charge in [0.1, 0.15) is 5.52 Å². The Balaban J connectivity index is 2.24. The molecule has 0 fully saturated rings. The highest BCUT2D eigenvalue weighted by atomic mass is 32.1. The van der Waals surface area contributed by atoms with Gasteiger partial charge in [-0.15, -0.1) is 0 Å². The molecule has 0 aliphatic rings. The third-order valence-electron chi connectivity index (χ3n) is 2.75. The van der Waals surface area contributed by atoms with Crippen molar-refractivity contribution in [2.24, 2.45) is 0 Å². The Hall–Kier alpha value is -1.53. The van der Waals surface area contributed by atoms with Gasteiger partial charge in [-0.3, -0.25) is 0 Å². The number of imidazole rings is 1. The van der Waals surface area contributed by atoms with Crippen LogP contribution < -0.4 is 0 Å². The Labute approximate surface area is 111 Å². The van der Waals surface area contributed by atoms with Crippen LogP contribution in [0.1, 0.15) is 5.56 Å². The topological polar surface area (TPSA) is 20.7 Å². The lowest BCUT2D eigenvalue weighted by molar-refractivity contribution is 0.512. The molecule has 92 valence electrons. The third kappa shape index (κ3) is 1.77. The van der Waals surface area contributed by atoms with Gasteiger partial charge in [0.25, 0.3) is 0 Å². The number of fused-ring (bicyclic) bond motifs is 1. The molecule has 0 atom stereocenters. The van der Waals surface area contributed by atoms with Gasteiger partial charge in [0.2, 0.25) is 0 Å². The zero-order valence-electron chi connectivity index (χ0n) is 9.11. The summed E-state index contributed by atoms with van der Waals surface area (Å²) in [7, 11) is 0. The molecule has 0 bridgehead atoms. The summed E-state index contributed by atoms with van der Waals surface area (Å²) in [5, 5.41) is 3.89. The molecule has 0 spiro atoms. The van der Waals surface area contributed by atoms with Gasteiger partial charge in [-0.1, -0.05) is 0 Å². The van der Waals surface area contributed by atoms with Crippen molar-refractivity contribution >= 4 is 34.6 Å². The number of aromatic nitrogens is 2. The number of hydrogen-bond acceptors (Lipinski definition) is 2. The molecule has 2 aromatic heterocycles. The molecular formula is C12H8F2N2S2. The van der Waals surface area contributed by atoms with Crippen molar-refractivity contribution in [1.82, 2.24) is 9.55 Å². The average molecular weight is 282 g/mol. The van der Waals surface area contributed by atoms with Crippen molar-refractivity contribution in [3.8, 4) is 0 Å². The molecule has 3 rings (SSSR count). The van der Waals surface area contributed by atoms with Crippen molar-refractivity contribution in [3.63, 3.8) is 0 Å². The highest BCUT2D eigenvalue weighted by Gasteiger charge is 2.13. The van der Waals surface area contributed by atoms with E-state index in [1.807, 2.05) is 16.8 Å². The summed E-state index contributed by atoms with van der Waals surface area (Å²) in [6.45, 7) is 0.433. The van der Waals surface area contributed by atoms with E-state index in [1.54, 1.807) is 15.9 Å². The van der Waals surface area contributed by atoms with Crippen LogP contribution in [-0.4, -0.2) is 9.55 Å². The first kappa shape index (κ1) is 11.6. The second-order valence-electron chi connectivity index (χ2n) is 3.91. The van der Waals surface area contributed by atoms with Crippen molar-refractivity contribution in [2.75, 3.05) is 0 Å². The number of hydrogen-bond donors (Lipinski definition) is 1. The van der Waals surface area contributed by atoms with Crippen LogP contribution in [0.15, 0.2) is 29.0 Å². The minimum absolute atomic E-state index is 0.186. The van der Waals surface area contributed by atoms with E-state index >= 15 is 0 Å². The minimum atomic E-state index is -0.866. The van der Waals surface area contributed by atoms with Crippen molar-refractivity contribution in [2.45, 2.75) is 6.54 Å². The predicted molar refractivity (Wildman–Crippen MR) is 70.5 cm³/mol. The summed E-state index contributed by atoms with van der Waals surface area (Å²) in [5.74, 6) is -1.73. The van der Waals surface area contributed by atoms with Gasteiger partial charge in [-0.05, 0) is 46.7 Å². The highest BCUT2D eigenvalue weighted by Crippen LogP contribution is 2.22. The first-order valence-electron chi connectivity index (χ1n) is 5.24. The Morgan fingerprint density at radius 3 is 2.83 bits per heavy atom. The summed E-state index contributed by atoms with van der Waals surface area (Å²) in [4.78, 5) is 2.88. The molecule has 0 saturated heterocycles. The first-order valence-corrected chi connectivity index (χ1v) is 6.59. The van der Waals surface area contributed by atoms with Gasteiger partial charge in [0, 0.05) is 0 Å². The second-order valence-corrected chi connectivity index (χ2v) is 5.07. The van der Waals surface area contributed by atoms with Crippen LogP contribution in [0, 0.1) is 16.4 Å². The lowest BCUT2D eigenvalue weighted by Gasteiger charge is -2.03. The fourth-order valence-corrected chi connectivity index (χ4v) is 2.83. The predicted octanol–water partition coefficient (Wildman–Crippen LogP) is 4.09. The molecule has 0 amide bonds. The quantitative estimate of drug-likeness (QED) is 0.702. The summed E-state index contributed by atoms with van der Waals surface area (Å²) in [6.07, 6.45) is 0. The highest BCUT2D eigenvalue weighted by molar-refractivity contribution is 7.71. The minimum Gasteiger partial charge on any atom is -0.330 e. The fourth-order valence-electron chi connectivity index (χ4n) is 1.90. The van der Waals surface area contributed by atoms with Gasteiger partial charge in [0.15, 0.2) is 16.4 Å². The molecule has 0 saturated carbocycles. The van der Waals surface area contributed by atoms with Crippen LogP contribution in [0.4, 0.5) is 8.78 Å². The molecule has 0 radical (unpaired) electrons. The Bertz CT molecular complexity index is 756. The average Bonchev–Trinajstić information content (AvgIpc) is 2.94. The zero-order chi connectivity index (χ0) is 12.7. The third-order valence-corrected chi connectivity index (χ3v) is 3.80. The number of halogens is 2. The van der Waals surface area contributed by atoms with E-state index in [2.05, 4.69) is 4.98 Å². The first-order chi connectivity index (χ1) is 8.66. The van der Waals surface area contributed by atoms with Gasteiger partial charge >= 0.3 is 0 Å². The van der Waals surface area contributed by atoms with Crippen LogP contribution >= 0.6 is 23.6 Å². The molecule has 1 N–H and O–H groups in total. The number of aromatic amines is 1. The van der Waals surface area contributed by atoms with Crippen LogP contribution in [-0.2, 0) is 6.54 Å². The van der Waals surface area contributed by atoms with Gasteiger partial charge in [-0.25, -0.2) is 8.78 Å². The summed E-state index contributed by atoms with van der Waals surface area (Å²) in [5.41, 5.74) is 1.71. The summed E-state index contributed by atoms with van der Waals surface area (Å²) in [6, 6.07) is 4.52. The monoisotopic (exact) mass is 282 g/mol. The van der Waals surface area contributed by atoms with Crippen molar-refractivity contribution in [1.29, 1.82) is 0 Å². The maximum Gasteiger partial charge on any atom is 0.184 e. The molecule has 18 heavy (non-hydrogen) atoms. The molecule has 0 unspecified atom stereocenters. The molecule has 3 aromatic rings. The molecule has 2 heterocycles. The van der Waals surface area contributed by atoms with Crippen molar-refractivity contribution < 1.29 is 8.78 Å². The van der Waals surface area contributed by atoms with E-state index in [0.29, 0.717) is 16.8 Å². The number of rotatable bonds is 2. The normalized spacial score (nSPS) is 11.2. The molecular weight excluding hydrogens is 274 g/mol. The van der Waals surface area contributed by atoms with E-state index in [-0.39, 0.29) is 5.52 Å². The number of nitrogens with one attached hydrogen (secondary N) is 1. The van der Waals surface area contributed by atoms with E-state index in [1.165, 1.54) is 6.07 Å². The number of nitrogens with zero attached hydrogens (tertiary/aromatic N) is 1. The molecule has 6 heteroatoms. The Morgan fingerprint density at radius 2 is 2.11 bits per heavy atom. The van der Waals surface area contributed by atoms with E-state index in [0.717, 1.165) is 11.6 Å². The zero-order valence-corrected chi connectivity index (χ0v) is 10.7. The second kappa shape index (κ2) is 4.29. The van der Waals surface area contributed by atoms with E-state index in [4.69, 9.17) is 12.2 Å². The molecule has 1 aromatic carbocycles.